The van der Waals surface area contributed by atoms with Crippen LogP contribution in [-0.4, -0.2) is 17.9 Å². The minimum absolute atomic E-state index is 0.226. The molecule has 1 aromatic heterocycles. The molecule has 1 heterocycles. The molecule has 0 radical (unpaired) electrons. The van der Waals surface area contributed by atoms with Crippen molar-refractivity contribution in [3.05, 3.63) is 57.8 Å². The summed E-state index contributed by atoms with van der Waals surface area (Å²) in [5.41, 5.74) is 0.572. The average Bonchev–Trinajstić information content (AvgIpc) is 2.38. The minimum Gasteiger partial charge on any atom is -0.494 e. The van der Waals surface area contributed by atoms with Crippen molar-refractivity contribution in [3.8, 4) is 5.75 Å². The van der Waals surface area contributed by atoms with Crippen LogP contribution < -0.4 is 4.74 Å². The van der Waals surface area contributed by atoms with Gasteiger partial charge in [0.05, 0.1) is 12.1 Å². The van der Waals surface area contributed by atoms with Crippen molar-refractivity contribution in [2.75, 3.05) is 7.11 Å². The van der Waals surface area contributed by atoms with Crippen molar-refractivity contribution in [1.29, 1.82) is 0 Å². The second kappa shape index (κ2) is 5.38. The fourth-order valence-electron chi connectivity index (χ4n) is 1.53. The lowest BCUT2D eigenvalue weighted by molar-refractivity contribution is 0.103. The van der Waals surface area contributed by atoms with E-state index in [4.69, 9.17) is 27.9 Å². The molecule has 0 saturated carbocycles. The van der Waals surface area contributed by atoms with E-state index in [1.165, 1.54) is 19.4 Å². The maximum absolute atomic E-state index is 12.3. The lowest BCUT2D eigenvalue weighted by Gasteiger charge is -2.07. The number of nitrogens with zero attached hydrogens (tertiary/aromatic N) is 1. The molecular formula is C13H9Cl2NO2. The number of carbonyl (C=O) groups excluding carboxylic acids is 1. The van der Waals surface area contributed by atoms with Crippen molar-refractivity contribution < 1.29 is 9.53 Å². The van der Waals surface area contributed by atoms with Crippen molar-refractivity contribution >= 4 is 29.0 Å². The summed E-state index contributed by atoms with van der Waals surface area (Å²) in [7, 11) is 1.48. The summed E-state index contributed by atoms with van der Waals surface area (Å²) in [6, 6.07) is 8.06. The Morgan fingerprint density at radius 1 is 1.28 bits per heavy atom. The van der Waals surface area contributed by atoms with Gasteiger partial charge in [-0.3, -0.25) is 4.79 Å². The molecular weight excluding hydrogens is 273 g/mol. The fourth-order valence-corrected chi connectivity index (χ4v) is 2.02. The third-order valence-electron chi connectivity index (χ3n) is 2.38. The van der Waals surface area contributed by atoms with Crippen molar-refractivity contribution in [2.45, 2.75) is 0 Å². The van der Waals surface area contributed by atoms with E-state index in [1.54, 1.807) is 24.3 Å². The number of rotatable bonds is 3. The molecule has 0 unspecified atom stereocenters. The summed E-state index contributed by atoms with van der Waals surface area (Å²) < 4.78 is 5.10. The maximum Gasteiger partial charge on any atom is 0.216 e. The van der Waals surface area contributed by atoms with Crippen molar-refractivity contribution in [3.63, 3.8) is 0 Å². The first-order chi connectivity index (χ1) is 8.63. The summed E-state index contributed by atoms with van der Waals surface area (Å²) in [6.45, 7) is 0. The van der Waals surface area contributed by atoms with Crippen LogP contribution in [0.25, 0.3) is 0 Å². The molecule has 0 bridgehead atoms. The van der Waals surface area contributed by atoms with Crippen LogP contribution in [0.4, 0.5) is 0 Å². The zero-order valence-electron chi connectivity index (χ0n) is 9.48. The highest BCUT2D eigenvalue weighted by molar-refractivity contribution is 6.37. The first-order valence-electron chi connectivity index (χ1n) is 5.12. The number of ketones is 1. The van der Waals surface area contributed by atoms with Gasteiger partial charge in [0.2, 0.25) is 5.78 Å². The van der Waals surface area contributed by atoms with Gasteiger partial charge in [-0.2, -0.15) is 0 Å². The van der Waals surface area contributed by atoms with E-state index in [1.807, 2.05) is 0 Å². The van der Waals surface area contributed by atoms with Gasteiger partial charge in [0.15, 0.2) is 5.69 Å². The van der Waals surface area contributed by atoms with Crippen LogP contribution in [0.1, 0.15) is 16.1 Å². The normalized spacial score (nSPS) is 10.2. The molecule has 0 N–H and O–H groups in total. The summed E-state index contributed by atoms with van der Waals surface area (Å²) in [4.78, 5) is 16.3. The Kier molecular flexibility index (Phi) is 3.84. The number of carbonyl (C=O) groups is 1. The number of hydrogen-bond donors (Lipinski definition) is 0. The van der Waals surface area contributed by atoms with Gasteiger partial charge in [-0.15, -0.1) is 0 Å². The second-order valence-electron chi connectivity index (χ2n) is 3.51. The summed E-state index contributed by atoms with van der Waals surface area (Å²) >= 11 is 11.8. The molecule has 1 aromatic carbocycles. The molecule has 0 fully saturated rings. The number of halogens is 2. The van der Waals surface area contributed by atoms with Gasteiger partial charge in [-0.1, -0.05) is 23.2 Å². The first kappa shape index (κ1) is 12.9. The van der Waals surface area contributed by atoms with E-state index in [9.17, 15) is 4.79 Å². The highest BCUT2D eigenvalue weighted by atomic mass is 35.5. The van der Waals surface area contributed by atoms with Gasteiger partial charge < -0.3 is 4.74 Å². The molecule has 2 rings (SSSR count). The zero-order valence-corrected chi connectivity index (χ0v) is 11.0. The topological polar surface area (TPSA) is 39.2 Å². The third-order valence-corrected chi connectivity index (χ3v) is 2.93. The highest BCUT2D eigenvalue weighted by Gasteiger charge is 2.18. The summed E-state index contributed by atoms with van der Waals surface area (Å²) in [6.07, 6.45) is 1.53. The molecule has 0 saturated heterocycles. The number of methoxy groups -OCH3 is 1. The Labute approximate surface area is 114 Å². The number of aromatic nitrogens is 1. The Bertz CT molecular complexity index is 599. The van der Waals surface area contributed by atoms with E-state index in [0.717, 1.165) is 0 Å². The SMILES string of the molecule is COc1cccnc1C(=O)c1ccc(Cl)cc1Cl. The number of hydrogen-bond acceptors (Lipinski definition) is 3. The third kappa shape index (κ3) is 2.47. The highest BCUT2D eigenvalue weighted by Crippen LogP contribution is 2.25. The quantitative estimate of drug-likeness (QED) is 0.807. The van der Waals surface area contributed by atoms with E-state index in [-0.39, 0.29) is 11.5 Å². The predicted molar refractivity (Wildman–Crippen MR) is 70.7 cm³/mol. The Morgan fingerprint density at radius 2 is 2.06 bits per heavy atom. The molecule has 0 amide bonds. The minimum atomic E-state index is -0.297. The van der Waals surface area contributed by atoms with Gasteiger partial charge >= 0.3 is 0 Å². The smallest absolute Gasteiger partial charge is 0.216 e. The van der Waals surface area contributed by atoms with Gasteiger partial charge in [-0.05, 0) is 30.3 Å². The van der Waals surface area contributed by atoms with E-state index in [0.29, 0.717) is 21.4 Å². The monoisotopic (exact) mass is 281 g/mol. The number of pyridine rings is 1. The Morgan fingerprint density at radius 3 is 2.72 bits per heavy atom. The van der Waals surface area contributed by atoms with Crippen LogP contribution >= 0.6 is 23.2 Å². The zero-order chi connectivity index (χ0) is 13.1. The molecule has 92 valence electrons. The molecule has 18 heavy (non-hydrogen) atoms. The van der Waals surface area contributed by atoms with Gasteiger partial charge in [-0.25, -0.2) is 4.98 Å². The van der Waals surface area contributed by atoms with Gasteiger partial charge in [0.25, 0.3) is 0 Å². The van der Waals surface area contributed by atoms with Crippen LogP contribution in [0.2, 0.25) is 10.0 Å². The van der Waals surface area contributed by atoms with Crippen LogP contribution in [0.15, 0.2) is 36.5 Å². The molecule has 0 atom stereocenters. The molecule has 2 aromatic rings. The molecule has 3 nitrogen and oxygen atoms in total. The number of ether oxygens (including phenoxy) is 1. The van der Waals surface area contributed by atoms with Crippen LogP contribution in [0.3, 0.4) is 0 Å². The largest absolute Gasteiger partial charge is 0.494 e. The second-order valence-corrected chi connectivity index (χ2v) is 4.35. The van der Waals surface area contributed by atoms with Crippen LogP contribution in [0.5, 0.6) is 5.75 Å². The molecule has 0 spiro atoms. The van der Waals surface area contributed by atoms with E-state index in [2.05, 4.69) is 4.98 Å². The number of benzene rings is 1. The average molecular weight is 282 g/mol. The van der Waals surface area contributed by atoms with Crippen molar-refractivity contribution in [1.82, 2.24) is 4.98 Å². The lowest BCUT2D eigenvalue weighted by atomic mass is 10.1. The van der Waals surface area contributed by atoms with Crippen LogP contribution in [-0.2, 0) is 0 Å². The first-order valence-corrected chi connectivity index (χ1v) is 5.88. The van der Waals surface area contributed by atoms with Crippen LogP contribution in [0, 0.1) is 0 Å². The Hall–Kier alpha value is -1.58. The van der Waals surface area contributed by atoms with E-state index >= 15 is 0 Å². The molecule has 0 aliphatic heterocycles. The van der Waals surface area contributed by atoms with E-state index < -0.39 is 0 Å². The van der Waals surface area contributed by atoms with Gasteiger partial charge in [0, 0.05) is 16.8 Å². The maximum atomic E-state index is 12.3. The lowest BCUT2D eigenvalue weighted by Crippen LogP contribution is -2.07. The molecule has 5 heteroatoms. The fraction of sp³-hybridized carbons (Fsp3) is 0.0769. The summed E-state index contributed by atoms with van der Waals surface area (Å²) in [5.74, 6) is 0.114. The summed E-state index contributed by atoms with van der Waals surface area (Å²) in [5, 5.41) is 0.768. The standard InChI is InChI=1S/C13H9Cl2NO2/c1-18-11-3-2-6-16-12(11)13(17)9-5-4-8(14)7-10(9)15/h2-7H,1H3. The Balaban J connectivity index is 2.48. The predicted octanol–water partition coefficient (Wildman–Crippen LogP) is 3.63. The van der Waals surface area contributed by atoms with Crippen molar-refractivity contribution in [2.24, 2.45) is 0 Å². The van der Waals surface area contributed by atoms with Gasteiger partial charge in [0.1, 0.15) is 5.75 Å². The molecule has 0 aliphatic carbocycles. The molecule has 0 aliphatic rings.